The molecule has 1 heterocycles. The Morgan fingerprint density at radius 3 is 2.77 bits per heavy atom. The molecule has 0 atom stereocenters. The number of esters is 1. The average Bonchev–Trinajstić information content (AvgIpc) is 2.60. The van der Waals surface area contributed by atoms with Crippen LogP contribution in [0, 0.1) is 0 Å². The molecule has 2 aromatic carbocycles. The van der Waals surface area contributed by atoms with E-state index in [0.717, 1.165) is 0 Å². The van der Waals surface area contributed by atoms with Gasteiger partial charge in [0.15, 0.2) is 6.61 Å². The lowest BCUT2D eigenvalue weighted by Gasteiger charge is -2.20. The molecule has 1 aliphatic heterocycles. The Morgan fingerprint density at radius 2 is 2.04 bits per heavy atom. The number of nitrogens with one attached hydrogen (secondary N) is 2. The number of halogens is 1. The topological polar surface area (TPSA) is 111 Å². The third-order valence-electron chi connectivity index (χ3n) is 3.53. The van der Waals surface area contributed by atoms with Gasteiger partial charge in [-0.3, -0.25) is 9.52 Å². The number of fused-ring (bicyclic) bond motifs is 1. The molecule has 8 nitrogen and oxygen atoms in total. The molecule has 2 N–H and O–H groups in total. The molecule has 0 aromatic heterocycles. The second kappa shape index (κ2) is 6.85. The number of ether oxygens (including phenoxy) is 2. The molecule has 3 rings (SSSR count). The molecule has 0 fully saturated rings. The van der Waals surface area contributed by atoms with E-state index in [1.54, 1.807) is 12.1 Å². The van der Waals surface area contributed by atoms with Gasteiger partial charge in [0, 0.05) is 6.07 Å². The highest BCUT2D eigenvalue weighted by Crippen LogP contribution is 2.36. The number of para-hydroxylation sites is 1. The minimum absolute atomic E-state index is 0.0439. The van der Waals surface area contributed by atoms with Crippen LogP contribution in [0.15, 0.2) is 41.3 Å². The second-order valence-electron chi connectivity index (χ2n) is 5.26. The monoisotopic (exact) mass is 396 g/mol. The van der Waals surface area contributed by atoms with Gasteiger partial charge in [0.05, 0.1) is 29.1 Å². The Labute approximate surface area is 154 Å². The van der Waals surface area contributed by atoms with Gasteiger partial charge in [-0.1, -0.05) is 23.7 Å². The first-order valence-electron chi connectivity index (χ1n) is 7.28. The minimum atomic E-state index is -4.14. The number of hydrogen-bond donors (Lipinski definition) is 2. The molecule has 136 valence electrons. The van der Waals surface area contributed by atoms with E-state index in [9.17, 15) is 18.0 Å². The number of amides is 1. The molecule has 26 heavy (non-hydrogen) atoms. The van der Waals surface area contributed by atoms with Crippen LogP contribution >= 0.6 is 11.6 Å². The largest absolute Gasteiger partial charge is 0.482 e. The van der Waals surface area contributed by atoms with Gasteiger partial charge in [-0.05, 0) is 18.2 Å². The van der Waals surface area contributed by atoms with Crippen molar-refractivity contribution in [3.05, 3.63) is 47.0 Å². The molecule has 2 aromatic rings. The first kappa shape index (κ1) is 18.0. The van der Waals surface area contributed by atoms with Gasteiger partial charge in [0.2, 0.25) is 0 Å². The zero-order valence-electron chi connectivity index (χ0n) is 13.4. The quantitative estimate of drug-likeness (QED) is 0.767. The predicted molar refractivity (Wildman–Crippen MR) is 94.2 cm³/mol. The van der Waals surface area contributed by atoms with Gasteiger partial charge in [-0.2, -0.15) is 0 Å². The maximum atomic E-state index is 12.7. The van der Waals surface area contributed by atoms with Crippen molar-refractivity contribution in [1.29, 1.82) is 0 Å². The minimum Gasteiger partial charge on any atom is -0.482 e. The zero-order chi connectivity index (χ0) is 18.9. The number of methoxy groups -OCH3 is 1. The number of carbonyl (C=O) groups excluding carboxylic acids is 2. The Hall–Kier alpha value is -2.78. The lowest BCUT2D eigenvalue weighted by Crippen LogP contribution is -2.26. The molecule has 0 bridgehead atoms. The summed E-state index contributed by atoms with van der Waals surface area (Å²) in [6, 6.07) is 8.49. The number of hydrogen-bond acceptors (Lipinski definition) is 6. The van der Waals surface area contributed by atoms with E-state index >= 15 is 0 Å². The normalized spacial score (nSPS) is 13.2. The lowest BCUT2D eigenvalue weighted by atomic mass is 10.2. The van der Waals surface area contributed by atoms with Crippen LogP contribution in [-0.4, -0.2) is 34.0 Å². The summed E-state index contributed by atoms with van der Waals surface area (Å²) in [5.41, 5.74) is 0.374. The van der Waals surface area contributed by atoms with Crippen LogP contribution in [0.1, 0.15) is 10.4 Å². The van der Waals surface area contributed by atoms with Gasteiger partial charge in [-0.25, -0.2) is 13.2 Å². The summed E-state index contributed by atoms with van der Waals surface area (Å²) >= 11 is 6.07. The van der Waals surface area contributed by atoms with Crippen LogP contribution in [-0.2, 0) is 19.6 Å². The first-order valence-corrected chi connectivity index (χ1v) is 9.14. The molecule has 0 radical (unpaired) electrons. The fraction of sp³-hybridized carbons (Fsp3) is 0.125. The molecular formula is C16H13ClN2O6S. The van der Waals surface area contributed by atoms with Crippen molar-refractivity contribution in [3.63, 3.8) is 0 Å². The second-order valence-corrected chi connectivity index (χ2v) is 7.32. The Morgan fingerprint density at radius 1 is 1.31 bits per heavy atom. The van der Waals surface area contributed by atoms with Gasteiger partial charge in [0.1, 0.15) is 10.6 Å². The van der Waals surface area contributed by atoms with Crippen molar-refractivity contribution >= 4 is 44.9 Å². The van der Waals surface area contributed by atoms with Crippen molar-refractivity contribution in [3.8, 4) is 5.75 Å². The number of anilines is 2. The van der Waals surface area contributed by atoms with E-state index in [4.69, 9.17) is 16.3 Å². The predicted octanol–water partition coefficient (Wildman–Crippen LogP) is 2.26. The highest BCUT2D eigenvalue weighted by Gasteiger charge is 2.26. The Bertz CT molecular complexity index is 1010. The van der Waals surface area contributed by atoms with Gasteiger partial charge >= 0.3 is 5.97 Å². The van der Waals surface area contributed by atoms with E-state index in [1.807, 2.05) is 0 Å². The third-order valence-corrected chi connectivity index (χ3v) is 5.36. The maximum absolute atomic E-state index is 12.7. The number of carbonyl (C=O) groups is 2. The number of sulfonamides is 1. The highest BCUT2D eigenvalue weighted by molar-refractivity contribution is 7.92. The Balaban J connectivity index is 2.00. The number of benzene rings is 2. The van der Waals surface area contributed by atoms with Crippen molar-refractivity contribution in [1.82, 2.24) is 0 Å². The lowest BCUT2D eigenvalue weighted by molar-refractivity contribution is -0.118. The zero-order valence-corrected chi connectivity index (χ0v) is 15.0. The van der Waals surface area contributed by atoms with Gasteiger partial charge in [0.25, 0.3) is 15.9 Å². The molecule has 10 heteroatoms. The molecular weight excluding hydrogens is 384 g/mol. The average molecular weight is 397 g/mol. The molecule has 1 aliphatic rings. The summed E-state index contributed by atoms with van der Waals surface area (Å²) in [7, 11) is -2.94. The fourth-order valence-corrected chi connectivity index (χ4v) is 3.97. The summed E-state index contributed by atoms with van der Waals surface area (Å²) in [5.74, 6) is -0.879. The van der Waals surface area contributed by atoms with Crippen LogP contribution in [0.3, 0.4) is 0 Å². The van der Waals surface area contributed by atoms with Crippen molar-refractivity contribution in [2.75, 3.05) is 23.8 Å². The molecule has 0 saturated heterocycles. The summed E-state index contributed by atoms with van der Waals surface area (Å²) in [4.78, 5) is 22.9. The van der Waals surface area contributed by atoms with Crippen LogP contribution in [0.2, 0.25) is 5.02 Å². The smallest absolute Gasteiger partial charge is 0.339 e. The summed E-state index contributed by atoms with van der Waals surface area (Å²) in [6.45, 7) is -0.229. The summed E-state index contributed by atoms with van der Waals surface area (Å²) in [6.07, 6.45) is 0. The molecule has 0 aliphatic carbocycles. The van der Waals surface area contributed by atoms with E-state index in [2.05, 4.69) is 14.8 Å². The first-order chi connectivity index (χ1) is 12.3. The standard InChI is InChI=1S/C16H13ClN2O6S/c1-24-16(21)9-4-2-3-5-11(9)19-26(22,23)14-7-13-12(6-10(14)17)18-15(20)8-25-13/h2-7,19H,8H2,1H3,(H,18,20). The maximum Gasteiger partial charge on any atom is 0.339 e. The number of rotatable bonds is 4. The van der Waals surface area contributed by atoms with Gasteiger partial charge < -0.3 is 14.8 Å². The van der Waals surface area contributed by atoms with E-state index < -0.39 is 16.0 Å². The molecule has 0 spiro atoms. The van der Waals surface area contributed by atoms with Crippen molar-refractivity contribution in [2.45, 2.75) is 4.90 Å². The molecule has 1 amide bonds. The van der Waals surface area contributed by atoms with E-state index in [1.165, 1.54) is 31.4 Å². The summed E-state index contributed by atoms with van der Waals surface area (Å²) < 4.78 is 37.7. The van der Waals surface area contributed by atoms with Crippen LogP contribution < -0.4 is 14.8 Å². The van der Waals surface area contributed by atoms with E-state index in [-0.39, 0.29) is 45.1 Å². The van der Waals surface area contributed by atoms with Gasteiger partial charge in [-0.15, -0.1) is 0 Å². The van der Waals surface area contributed by atoms with Crippen molar-refractivity contribution < 1.29 is 27.5 Å². The molecule has 0 saturated carbocycles. The van der Waals surface area contributed by atoms with Crippen LogP contribution in [0.5, 0.6) is 5.75 Å². The highest BCUT2D eigenvalue weighted by atomic mass is 35.5. The summed E-state index contributed by atoms with van der Waals surface area (Å²) in [5, 5.41) is 2.42. The van der Waals surface area contributed by atoms with Crippen LogP contribution in [0.25, 0.3) is 0 Å². The van der Waals surface area contributed by atoms with E-state index in [0.29, 0.717) is 0 Å². The van der Waals surface area contributed by atoms with Crippen molar-refractivity contribution in [2.24, 2.45) is 0 Å². The van der Waals surface area contributed by atoms with Crippen LogP contribution in [0.4, 0.5) is 11.4 Å². The molecule has 0 unspecified atom stereocenters. The SMILES string of the molecule is COC(=O)c1ccccc1NS(=O)(=O)c1cc2c(cc1Cl)NC(=O)CO2. The fourth-order valence-electron chi connectivity index (χ4n) is 2.35. The Kier molecular flexibility index (Phi) is 4.75. The third kappa shape index (κ3) is 3.44.